The monoisotopic (exact) mass is 431 g/mol. The zero-order valence-electron chi connectivity index (χ0n) is 15.5. The predicted octanol–water partition coefficient (Wildman–Crippen LogP) is 2.42. The number of rotatable bonds is 6. The highest BCUT2D eigenvalue weighted by atomic mass is 35.5. The summed E-state index contributed by atoms with van der Waals surface area (Å²) in [5.74, 6) is 0.354. The molecule has 0 aliphatic carbocycles. The van der Waals surface area contributed by atoms with Crippen molar-refractivity contribution in [3.05, 3.63) is 45.5 Å². The van der Waals surface area contributed by atoms with Gasteiger partial charge >= 0.3 is 6.18 Å². The van der Waals surface area contributed by atoms with Crippen molar-refractivity contribution in [1.29, 1.82) is 0 Å². The van der Waals surface area contributed by atoms with Crippen LogP contribution in [-0.2, 0) is 6.18 Å². The Balaban J connectivity index is 1.66. The first-order valence-corrected chi connectivity index (χ1v) is 9.56. The quantitative estimate of drug-likeness (QED) is 0.731. The third-order valence-corrected chi connectivity index (χ3v) is 5.28. The maximum absolute atomic E-state index is 12.6. The van der Waals surface area contributed by atoms with Crippen molar-refractivity contribution in [2.75, 3.05) is 38.1 Å². The van der Waals surface area contributed by atoms with Crippen molar-refractivity contribution in [2.24, 2.45) is 5.92 Å². The van der Waals surface area contributed by atoms with Gasteiger partial charge in [-0.1, -0.05) is 11.6 Å². The number of aliphatic hydroxyl groups excluding tert-OH is 1. The standard InChI is InChI=1S/C18H21ClF3N5O2/c19-16-14(23-9-12-3-5-26(6-4-12)7-8-28)11-25-27(17(16)29)15-2-1-13(10-24-15)18(20,21)22/h1-2,10-12,23,28H,3-9H2. The second kappa shape index (κ2) is 9.10. The van der Waals surface area contributed by atoms with Crippen LogP contribution in [0.5, 0.6) is 0 Å². The Kier molecular flexibility index (Phi) is 6.76. The van der Waals surface area contributed by atoms with Gasteiger partial charge in [-0.3, -0.25) is 4.79 Å². The number of anilines is 1. The number of aliphatic hydroxyl groups is 1. The molecule has 1 saturated heterocycles. The lowest BCUT2D eigenvalue weighted by molar-refractivity contribution is -0.137. The summed E-state index contributed by atoms with van der Waals surface area (Å²) in [4.78, 5) is 18.3. The fourth-order valence-electron chi connectivity index (χ4n) is 3.21. The molecule has 0 saturated carbocycles. The Morgan fingerprint density at radius 2 is 1.97 bits per heavy atom. The van der Waals surface area contributed by atoms with E-state index in [0.717, 1.165) is 42.7 Å². The zero-order chi connectivity index (χ0) is 21.0. The number of pyridine rings is 1. The molecule has 0 spiro atoms. The van der Waals surface area contributed by atoms with Gasteiger partial charge in [0, 0.05) is 19.3 Å². The second-order valence-corrected chi connectivity index (χ2v) is 7.26. The van der Waals surface area contributed by atoms with Crippen LogP contribution in [0, 0.1) is 5.92 Å². The van der Waals surface area contributed by atoms with Crippen LogP contribution in [0.2, 0.25) is 5.02 Å². The lowest BCUT2D eigenvalue weighted by Gasteiger charge is -2.31. The number of aromatic nitrogens is 3. The minimum Gasteiger partial charge on any atom is -0.395 e. The molecule has 3 heterocycles. The van der Waals surface area contributed by atoms with Crippen molar-refractivity contribution in [1.82, 2.24) is 19.7 Å². The molecule has 7 nitrogen and oxygen atoms in total. The molecular weight excluding hydrogens is 411 g/mol. The molecule has 1 fully saturated rings. The van der Waals surface area contributed by atoms with E-state index in [1.807, 2.05) is 0 Å². The molecule has 2 aromatic rings. The molecule has 0 amide bonds. The average Bonchev–Trinajstić information content (AvgIpc) is 2.70. The number of nitrogens with one attached hydrogen (secondary N) is 1. The summed E-state index contributed by atoms with van der Waals surface area (Å²) in [6, 6.07) is 1.90. The zero-order valence-corrected chi connectivity index (χ0v) is 16.2. The highest BCUT2D eigenvalue weighted by Crippen LogP contribution is 2.28. The summed E-state index contributed by atoms with van der Waals surface area (Å²) in [6.45, 7) is 3.25. The maximum atomic E-state index is 12.6. The van der Waals surface area contributed by atoms with Gasteiger partial charge in [-0.25, -0.2) is 4.98 Å². The Bertz CT molecular complexity index is 881. The van der Waals surface area contributed by atoms with E-state index in [9.17, 15) is 18.0 Å². The number of hydrogen-bond donors (Lipinski definition) is 2. The topological polar surface area (TPSA) is 83.3 Å². The summed E-state index contributed by atoms with van der Waals surface area (Å²) < 4.78 is 38.8. The van der Waals surface area contributed by atoms with E-state index < -0.39 is 17.3 Å². The number of nitrogens with zero attached hydrogens (tertiary/aromatic N) is 4. The molecule has 0 radical (unpaired) electrons. The number of halogens is 4. The van der Waals surface area contributed by atoms with Gasteiger partial charge in [-0.2, -0.15) is 23.0 Å². The number of likely N-dealkylation sites (tertiary alicyclic amines) is 1. The molecule has 0 aromatic carbocycles. The van der Waals surface area contributed by atoms with E-state index in [0.29, 0.717) is 30.9 Å². The van der Waals surface area contributed by atoms with Gasteiger partial charge in [0.2, 0.25) is 0 Å². The average molecular weight is 432 g/mol. The molecule has 0 atom stereocenters. The minimum absolute atomic E-state index is 0.0484. The normalized spacial score (nSPS) is 16.2. The van der Waals surface area contributed by atoms with Gasteiger partial charge in [-0.05, 0) is 44.0 Å². The third-order valence-electron chi connectivity index (χ3n) is 4.92. The molecule has 158 valence electrons. The smallest absolute Gasteiger partial charge is 0.395 e. The molecule has 1 aliphatic heterocycles. The highest BCUT2D eigenvalue weighted by molar-refractivity contribution is 6.32. The van der Waals surface area contributed by atoms with E-state index in [-0.39, 0.29) is 17.4 Å². The van der Waals surface area contributed by atoms with Gasteiger partial charge in [0.1, 0.15) is 5.02 Å². The van der Waals surface area contributed by atoms with E-state index in [2.05, 4.69) is 20.3 Å². The lowest BCUT2D eigenvalue weighted by Crippen LogP contribution is -2.37. The van der Waals surface area contributed by atoms with Crippen LogP contribution < -0.4 is 10.9 Å². The van der Waals surface area contributed by atoms with Crippen molar-refractivity contribution >= 4 is 17.3 Å². The van der Waals surface area contributed by atoms with Gasteiger partial charge in [0.05, 0.1) is 24.1 Å². The van der Waals surface area contributed by atoms with E-state index in [1.54, 1.807) is 0 Å². The number of β-amino-alcohol motifs (C(OH)–C–C–N with tert-alkyl or cyclic N) is 1. The predicted molar refractivity (Wildman–Crippen MR) is 102 cm³/mol. The third kappa shape index (κ3) is 5.26. The molecular formula is C18H21ClF3N5O2. The Morgan fingerprint density at radius 3 is 2.55 bits per heavy atom. The van der Waals surface area contributed by atoms with Crippen molar-refractivity contribution in [3.63, 3.8) is 0 Å². The lowest BCUT2D eigenvalue weighted by atomic mass is 9.97. The largest absolute Gasteiger partial charge is 0.417 e. The van der Waals surface area contributed by atoms with Crippen LogP contribution in [0.15, 0.2) is 29.3 Å². The summed E-state index contributed by atoms with van der Waals surface area (Å²) in [5.41, 5.74) is -1.21. The van der Waals surface area contributed by atoms with Crippen LogP contribution in [-0.4, -0.2) is 57.6 Å². The van der Waals surface area contributed by atoms with Gasteiger partial charge in [-0.15, -0.1) is 0 Å². The van der Waals surface area contributed by atoms with Gasteiger partial charge < -0.3 is 15.3 Å². The minimum atomic E-state index is -4.51. The van der Waals surface area contributed by atoms with Crippen LogP contribution in [0.3, 0.4) is 0 Å². The maximum Gasteiger partial charge on any atom is 0.417 e. The van der Waals surface area contributed by atoms with Crippen LogP contribution in [0.25, 0.3) is 5.82 Å². The summed E-state index contributed by atoms with van der Waals surface area (Å²) in [5, 5.41) is 16.0. The fourth-order valence-corrected chi connectivity index (χ4v) is 3.40. The van der Waals surface area contributed by atoms with E-state index in [1.165, 1.54) is 6.20 Å². The number of hydrogen-bond acceptors (Lipinski definition) is 6. The number of piperidine rings is 1. The Hall–Kier alpha value is -2.17. The Morgan fingerprint density at radius 1 is 1.24 bits per heavy atom. The molecule has 0 bridgehead atoms. The second-order valence-electron chi connectivity index (χ2n) is 6.88. The van der Waals surface area contributed by atoms with Crippen molar-refractivity contribution in [2.45, 2.75) is 19.0 Å². The first-order chi connectivity index (χ1) is 13.8. The molecule has 1 aliphatic rings. The summed E-state index contributed by atoms with van der Waals surface area (Å²) >= 11 is 6.15. The number of alkyl halides is 3. The molecule has 29 heavy (non-hydrogen) atoms. The first-order valence-electron chi connectivity index (χ1n) is 9.18. The molecule has 0 unspecified atom stereocenters. The van der Waals surface area contributed by atoms with Gasteiger partial charge in [0.25, 0.3) is 5.56 Å². The van der Waals surface area contributed by atoms with Crippen molar-refractivity contribution < 1.29 is 18.3 Å². The van der Waals surface area contributed by atoms with Crippen LogP contribution in [0.4, 0.5) is 18.9 Å². The van der Waals surface area contributed by atoms with Crippen LogP contribution in [0.1, 0.15) is 18.4 Å². The molecule has 3 rings (SSSR count). The van der Waals surface area contributed by atoms with E-state index in [4.69, 9.17) is 16.7 Å². The Labute approximate surface area is 170 Å². The van der Waals surface area contributed by atoms with Gasteiger partial charge in [0.15, 0.2) is 5.82 Å². The highest BCUT2D eigenvalue weighted by Gasteiger charge is 2.30. The summed E-state index contributed by atoms with van der Waals surface area (Å²) in [6.07, 6.45) is -0.574. The first kappa shape index (κ1) is 21.5. The fraction of sp³-hybridized carbons (Fsp3) is 0.500. The van der Waals surface area contributed by atoms with Crippen molar-refractivity contribution in [3.8, 4) is 5.82 Å². The van der Waals surface area contributed by atoms with Crippen LogP contribution >= 0.6 is 11.6 Å². The SMILES string of the molecule is O=c1c(Cl)c(NCC2CCN(CCO)CC2)cnn1-c1ccc(C(F)(F)F)cn1. The summed E-state index contributed by atoms with van der Waals surface area (Å²) in [7, 11) is 0. The molecule has 11 heteroatoms. The van der Waals surface area contributed by atoms with E-state index >= 15 is 0 Å². The molecule has 2 N–H and O–H groups in total. The molecule has 2 aromatic heterocycles.